The molecular weight excluding hydrogens is 504 g/mol. The molecule has 9 heteroatoms. The van der Waals surface area contributed by atoms with Crippen LogP contribution in [0, 0.1) is 0 Å². The molecule has 2 amide bonds. The topological polar surface area (TPSA) is 105 Å². The fraction of sp³-hybridized carbons (Fsp3) is 0.414. The first-order chi connectivity index (χ1) is 18.1. The number of aliphatic hydroxyl groups is 1. The van der Waals surface area contributed by atoms with E-state index in [-0.39, 0.29) is 36.6 Å². The van der Waals surface area contributed by atoms with Gasteiger partial charge in [-0.15, -0.1) is 0 Å². The minimum absolute atomic E-state index is 0.0239. The number of aliphatic hydroxyl groups excluding tert-OH is 1. The molecule has 1 aromatic heterocycles. The molecule has 0 aliphatic heterocycles. The predicted molar refractivity (Wildman–Crippen MR) is 149 cm³/mol. The maximum absolute atomic E-state index is 12.9. The highest BCUT2D eigenvalue weighted by Gasteiger charge is 2.18. The summed E-state index contributed by atoms with van der Waals surface area (Å²) >= 11 is 6.30. The van der Waals surface area contributed by atoms with Crippen LogP contribution < -0.4 is 15.4 Å². The molecule has 8 nitrogen and oxygen atoms in total. The Bertz CT molecular complexity index is 1240. The van der Waals surface area contributed by atoms with E-state index < -0.39 is 0 Å². The number of amides is 2. The number of carbonyl (C=O) groups is 2. The van der Waals surface area contributed by atoms with Crippen molar-refractivity contribution in [2.24, 2.45) is 0 Å². The van der Waals surface area contributed by atoms with E-state index in [0.29, 0.717) is 29.2 Å². The molecule has 1 heterocycles. The van der Waals surface area contributed by atoms with Crippen LogP contribution in [-0.2, 0) is 17.8 Å². The number of halogens is 1. The van der Waals surface area contributed by atoms with Crippen LogP contribution in [-0.4, -0.2) is 45.2 Å². The van der Waals surface area contributed by atoms with Crippen LogP contribution in [0.4, 0.5) is 0 Å². The maximum Gasteiger partial charge on any atom is 0.251 e. The highest BCUT2D eigenvalue weighted by Crippen LogP contribution is 2.27. The van der Waals surface area contributed by atoms with Gasteiger partial charge in [-0.2, -0.15) is 0 Å². The Morgan fingerprint density at radius 3 is 2.39 bits per heavy atom. The summed E-state index contributed by atoms with van der Waals surface area (Å²) in [4.78, 5) is 29.2. The smallest absolute Gasteiger partial charge is 0.251 e. The normalized spacial score (nSPS) is 12.7. The van der Waals surface area contributed by atoms with Crippen molar-refractivity contribution in [1.82, 2.24) is 20.2 Å². The Morgan fingerprint density at radius 1 is 1.11 bits per heavy atom. The summed E-state index contributed by atoms with van der Waals surface area (Å²) in [6.45, 7) is 9.96. The molecule has 0 bridgehead atoms. The minimum Gasteiger partial charge on any atom is -0.489 e. The lowest BCUT2D eigenvalue weighted by Crippen LogP contribution is -2.37. The fourth-order valence-electron chi connectivity index (χ4n) is 4.28. The Labute approximate surface area is 229 Å². The number of aromatic nitrogens is 2. The molecular formula is C29H37ClN4O4. The second-order valence-electron chi connectivity index (χ2n) is 9.59. The Hall–Kier alpha value is -3.36. The lowest BCUT2D eigenvalue weighted by Gasteiger charge is -2.19. The van der Waals surface area contributed by atoms with E-state index in [1.807, 2.05) is 62.7 Å². The van der Waals surface area contributed by atoms with Gasteiger partial charge in [-0.25, -0.2) is 4.98 Å². The molecule has 3 rings (SSSR count). The zero-order valence-corrected chi connectivity index (χ0v) is 23.4. The fourth-order valence-corrected chi connectivity index (χ4v) is 4.50. The van der Waals surface area contributed by atoms with Crippen molar-refractivity contribution in [3.05, 3.63) is 70.6 Å². The van der Waals surface area contributed by atoms with Crippen molar-refractivity contribution in [2.45, 2.75) is 72.2 Å². The number of rotatable bonds is 12. The third kappa shape index (κ3) is 7.82. The van der Waals surface area contributed by atoms with Crippen molar-refractivity contribution in [2.75, 3.05) is 6.61 Å². The molecule has 3 aromatic rings. The monoisotopic (exact) mass is 540 g/mol. The third-order valence-corrected chi connectivity index (χ3v) is 6.35. The van der Waals surface area contributed by atoms with Crippen molar-refractivity contribution in [3.63, 3.8) is 0 Å². The van der Waals surface area contributed by atoms with Gasteiger partial charge in [-0.1, -0.05) is 35.9 Å². The van der Waals surface area contributed by atoms with Crippen molar-refractivity contribution in [3.8, 4) is 17.0 Å². The van der Waals surface area contributed by atoms with E-state index in [1.54, 1.807) is 18.2 Å². The van der Waals surface area contributed by atoms with Crippen LogP contribution in [0.15, 0.2) is 48.7 Å². The number of benzene rings is 2. The first-order valence-corrected chi connectivity index (χ1v) is 13.3. The SMILES string of the molecule is CCn1cc(-c2ccc(CC(CCO)NC(=O)c3ccc(OC(C)C)c(Cl)c3)cc2)nc1C(C)NC(C)=O. The standard InChI is InChI=1S/C29H37ClN4O4/c1-6-34-17-26(33-28(34)19(4)31-20(5)36)22-9-7-21(8-10-22)15-24(13-14-35)32-29(37)23-11-12-27(25(30)16-23)38-18(2)3/h7-12,16-19,24,35H,6,13-15H2,1-5H3,(H,31,36)(H,32,37). The van der Waals surface area contributed by atoms with Gasteiger partial charge in [0.25, 0.3) is 5.91 Å². The lowest BCUT2D eigenvalue weighted by molar-refractivity contribution is -0.119. The number of carbonyl (C=O) groups excluding carboxylic acids is 2. The average Bonchev–Trinajstić information content (AvgIpc) is 3.30. The van der Waals surface area contributed by atoms with Gasteiger partial charge in [0.15, 0.2) is 0 Å². The van der Waals surface area contributed by atoms with Crippen LogP contribution >= 0.6 is 11.6 Å². The molecule has 2 aromatic carbocycles. The van der Waals surface area contributed by atoms with E-state index in [9.17, 15) is 14.7 Å². The zero-order valence-electron chi connectivity index (χ0n) is 22.6. The van der Waals surface area contributed by atoms with Crippen molar-refractivity contribution >= 4 is 23.4 Å². The van der Waals surface area contributed by atoms with Gasteiger partial charge in [0, 0.05) is 43.4 Å². The summed E-state index contributed by atoms with van der Waals surface area (Å²) in [7, 11) is 0. The molecule has 38 heavy (non-hydrogen) atoms. The molecule has 0 aliphatic carbocycles. The minimum atomic E-state index is -0.260. The summed E-state index contributed by atoms with van der Waals surface area (Å²) in [5.41, 5.74) is 3.24. The highest BCUT2D eigenvalue weighted by atomic mass is 35.5. The van der Waals surface area contributed by atoms with E-state index in [1.165, 1.54) is 6.92 Å². The van der Waals surface area contributed by atoms with E-state index in [0.717, 1.165) is 29.2 Å². The molecule has 204 valence electrons. The van der Waals surface area contributed by atoms with Crippen molar-refractivity contribution < 1.29 is 19.4 Å². The van der Waals surface area contributed by atoms with E-state index in [4.69, 9.17) is 21.3 Å². The summed E-state index contributed by atoms with van der Waals surface area (Å²) in [5, 5.41) is 15.9. The molecule has 0 radical (unpaired) electrons. The number of aryl methyl sites for hydroxylation is 1. The van der Waals surface area contributed by atoms with Crippen molar-refractivity contribution in [1.29, 1.82) is 0 Å². The molecule has 0 fully saturated rings. The highest BCUT2D eigenvalue weighted by molar-refractivity contribution is 6.32. The van der Waals surface area contributed by atoms with Gasteiger partial charge in [0.1, 0.15) is 11.6 Å². The summed E-state index contributed by atoms with van der Waals surface area (Å²) in [5.74, 6) is 0.977. The number of hydrogen-bond acceptors (Lipinski definition) is 5. The molecule has 0 aliphatic rings. The molecule has 2 unspecified atom stereocenters. The number of nitrogens with zero attached hydrogens (tertiary/aromatic N) is 2. The van der Waals surface area contributed by atoms with Gasteiger partial charge in [-0.3, -0.25) is 9.59 Å². The average molecular weight is 541 g/mol. The molecule has 0 saturated heterocycles. The summed E-state index contributed by atoms with van der Waals surface area (Å²) in [6.07, 6.45) is 2.94. The number of hydrogen-bond donors (Lipinski definition) is 3. The third-order valence-electron chi connectivity index (χ3n) is 6.06. The molecule has 0 saturated carbocycles. The predicted octanol–water partition coefficient (Wildman–Crippen LogP) is 4.93. The summed E-state index contributed by atoms with van der Waals surface area (Å²) < 4.78 is 7.67. The van der Waals surface area contributed by atoms with Crippen LogP contribution in [0.2, 0.25) is 5.02 Å². The second-order valence-corrected chi connectivity index (χ2v) is 10.00. The quantitative estimate of drug-likeness (QED) is 0.302. The largest absolute Gasteiger partial charge is 0.489 e. The zero-order chi connectivity index (χ0) is 27.8. The second kappa shape index (κ2) is 13.4. The molecule has 3 N–H and O–H groups in total. The van der Waals surface area contributed by atoms with Crippen LogP contribution in [0.1, 0.15) is 68.8 Å². The Balaban J connectivity index is 1.70. The van der Waals surface area contributed by atoms with Gasteiger partial charge in [0.2, 0.25) is 5.91 Å². The van der Waals surface area contributed by atoms with Crippen LogP contribution in [0.3, 0.4) is 0 Å². The van der Waals surface area contributed by atoms with Gasteiger partial charge >= 0.3 is 0 Å². The van der Waals surface area contributed by atoms with Gasteiger partial charge < -0.3 is 25.0 Å². The van der Waals surface area contributed by atoms with Crippen LogP contribution in [0.25, 0.3) is 11.3 Å². The lowest BCUT2D eigenvalue weighted by atomic mass is 10.0. The first-order valence-electron chi connectivity index (χ1n) is 12.9. The van der Waals surface area contributed by atoms with E-state index in [2.05, 4.69) is 10.6 Å². The summed E-state index contributed by atoms with van der Waals surface area (Å²) in [6, 6.07) is 12.5. The number of ether oxygens (including phenoxy) is 1. The Kier molecular flexibility index (Phi) is 10.3. The van der Waals surface area contributed by atoms with Gasteiger partial charge in [0.05, 0.1) is 22.9 Å². The van der Waals surface area contributed by atoms with E-state index >= 15 is 0 Å². The maximum atomic E-state index is 12.9. The molecule has 2 atom stereocenters. The van der Waals surface area contributed by atoms with Crippen LogP contribution in [0.5, 0.6) is 5.75 Å². The number of nitrogens with one attached hydrogen (secondary N) is 2. The Morgan fingerprint density at radius 2 is 1.82 bits per heavy atom. The molecule has 0 spiro atoms. The van der Waals surface area contributed by atoms with Gasteiger partial charge in [-0.05, 0) is 64.3 Å². The number of imidazole rings is 1. The first kappa shape index (κ1) is 29.2.